The van der Waals surface area contributed by atoms with Crippen LogP contribution in [0.15, 0.2) is 0 Å². The molecule has 0 radical (unpaired) electrons. The summed E-state index contributed by atoms with van der Waals surface area (Å²) in [7, 11) is 0. The van der Waals surface area contributed by atoms with Crippen molar-refractivity contribution in [1.29, 1.82) is 0 Å². The van der Waals surface area contributed by atoms with Gasteiger partial charge in [-0.15, -0.1) is 6.42 Å². The molecular weight excluding hydrogens is 198 g/mol. The summed E-state index contributed by atoms with van der Waals surface area (Å²) in [6.07, 6.45) is 10.1. The number of nitrogens with one attached hydrogen (secondary N) is 1. The zero-order valence-corrected chi connectivity index (χ0v) is 9.92. The molecule has 0 unspecified atom stereocenters. The minimum absolute atomic E-state index is 0.649. The van der Waals surface area contributed by atoms with Crippen molar-refractivity contribution < 1.29 is 0 Å². The number of terminal acetylenes is 1. The number of aryl methyl sites for hydroxylation is 2. The summed E-state index contributed by atoms with van der Waals surface area (Å²) in [6.45, 7) is 4.65. The first-order chi connectivity index (χ1) is 7.83. The van der Waals surface area contributed by atoms with Crippen LogP contribution in [0.2, 0.25) is 0 Å². The molecule has 1 aromatic heterocycles. The van der Waals surface area contributed by atoms with Gasteiger partial charge in [-0.3, -0.25) is 0 Å². The average Bonchev–Trinajstić information content (AvgIpc) is 2.61. The number of fused-ring (bicyclic) bond motifs is 1. The minimum Gasteiger partial charge on any atom is -0.331 e. The van der Waals surface area contributed by atoms with Crippen molar-refractivity contribution in [3.05, 3.63) is 17.2 Å². The zero-order valence-electron chi connectivity index (χ0n) is 9.92. The number of imidazole rings is 1. The van der Waals surface area contributed by atoms with Gasteiger partial charge in [0.1, 0.15) is 5.82 Å². The Morgan fingerprint density at radius 3 is 3.06 bits per heavy atom. The predicted octanol–water partition coefficient (Wildman–Crippen LogP) is 1.29. The highest BCUT2D eigenvalue weighted by Crippen LogP contribution is 2.21. The highest BCUT2D eigenvalue weighted by molar-refractivity contribution is 5.19. The van der Waals surface area contributed by atoms with E-state index in [0.717, 1.165) is 25.3 Å². The molecule has 86 valence electrons. The lowest BCUT2D eigenvalue weighted by Crippen LogP contribution is -2.22. The normalized spacial score (nSPS) is 14.5. The Hall–Kier alpha value is -1.27. The van der Waals surface area contributed by atoms with E-state index in [-0.39, 0.29) is 0 Å². The first-order valence-electron chi connectivity index (χ1n) is 6.02. The fourth-order valence-corrected chi connectivity index (χ4v) is 2.38. The van der Waals surface area contributed by atoms with Crippen LogP contribution in [0.3, 0.4) is 0 Å². The Bertz CT molecular complexity index is 398. The number of rotatable bonds is 4. The second-order valence-corrected chi connectivity index (χ2v) is 4.29. The van der Waals surface area contributed by atoms with Crippen LogP contribution in [0.4, 0.5) is 0 Å². The molecule has 3 nitrogen and oxygen atoms in total. The lowest BCUT2D eigenvalue weighted by molar-refractivity contribution is 0.571. The van der Waals surface area contributed by atoms with Crippen LogP contribution in [0, 0.1) is 19.3 Å². The third-order valence-corrected chi connectivity index (χ3v) is 3.16. The fourth-order valence-electron chi connectivity index (χ4n) is 2.38. The van der Waals surface area contributed by atoms with E-state index in [4.69, 9.17) is 6.42 Å². The van der Waals surface area contributed by atoms with Crippen LogP contribution < -0.4 is 5.32 Å². The molecule has 0 aromatic carbocycles. The summed E-state index contributed by atoms with van der Waals surface area (Å²) in [6, 6.07) is 0. The van der Waals surface area contributed by atoms with Crippen molar-refractivity contribution in [3.63, 3.8) is 0 Å². The Labute approximate surface area is 97.3 Å². The maximum Gasteiger partial charge on any atom is 0.106 e. The van der Waals surface area contributed by atoms with Crippen molar-refractivity contribution in [1.82, 2.24) is 14.9 Å². The van der Waals surface area contributed by atoms with Crippen LogP contribution in [0.25, 0.3) is 0 Å². The fraction of sp³-hybridized carbons (Fsp3) is 0.615. The van der Waals surface area contributed by atoms with E-state index in [2.05, 4.69) is 27.7 Å². The van der Waals surface area contributed by atoms with Gasteiger partial charge in [-0.1, -0.05) is 5.92 Å². The van der Waals surface area contributed by atoms with Gasteiger partial charge in [0, 0.05) is 18.8 Å². The molecule has 0 atom stereocenters. The Morgan fingerprint density at radius 1 is 1.44 bits per heavy atom. The smallest absolute Gasteiger partial charge is 0.106 e. The van der Waals surface area contributed by atoms with E-state index in [1.807, 2.05) is 0 Å². The van der Waals surface area contributed by atoms with E-state index < -0.39 is 0 Å². The molecule has 3 heteroatoms. The summed E-state index contributed by atoms with van der Waals surface area (Å²) in [5, 5.41) is 3.22. The first kappa shape index (κ1) is 11.2. The van der Waals surface area contributed by atoms with E-state index in [0.29, 0.717) is 6.54 Å². The monoisotopic (exact) mass is 217 g/mol. The predicted molar refractivity (Wildman–Crippen MR) is 65.3 cm³/mol. The van der Waals surface area contributed by atoms with Gasteiger partial charge >= 0.3 is 0 Å². The standard InChI is InChI=1S/C13H19N3/c1-3-8-14-9-10-16-11(2)15-12-6-4-5-7-13(12)16/h1,14H,4-10H2,2H3. The molecule has 0 aliphatic heterocycles. The molecule has 1 aromatic rings. The minimum atomic E-state index is 0.649. The quantitative estimate of drug-likeness (QED) is 0.608. The van der Waals surface area contributed by atoms with Crippen molar-refractivity contribution >= 4 is 0 Å². The molecule has 0 fully saturated rings. The van der Waals surface area contributed by atoms with Crippen molar-refractivity contribution in [2.24, 2.45) is 0 Å². The van der Waals surface area contributed by atoms with Gasteiger partial charge < -0.3 is 9.88 Å². The topological polar surface area (TPSA) is 29.9 Å². The third-order valence-electron chi connectivity index (χ3n) is 3.16. The molecular formula is C13H19N3. The molecule has 0 saturated heterocycles. The van der Waals surface area contributed by atoms with Gasteiger partial charge in [-0.25, -0.2) is 4.98 Å². The number of hydrogen-bond acceptors (Lipinski definition) is 2. The highest BCUT2D eigenvalue weighted by atomic mass is 15.1. The molecule has 0 spiro atoms. The van der Waals surface area contributed by atoms with E-state index in [1.165, 1.54) is 30.7 Å². The van der Waals surface area contributed by atoms with E-state index in [1.54, 1.807) is 0 Å². The molecule has 1 heterocycles. The van der Waals surface area contributed by atoms with Crippen molar-refractivity contribution in [3.8, 4) is 12.3 Å². The van der Waals surface area contributed by atoms with Crippen LogP contribution in [0.1, 0.15) is 30.1 Å². The maximum atomic E-state index is 5.20. The lowest BCUT2D eigenvalue weighted by atomic mass is 10.0. The summed E-state index contributed by atoms with van der Waals surface area (Å²) in [5.74, 6) is 3.74. The van der Waals surface area contributed by atoms with Gasteiger partial charge in [0.25, 0.3) is 0 Å². The maximum absolute atomic E-state index is 5.20. The van der Waals surface area contributed by atoms with Crippen LogP contribution in [0.5, 0.6) is 0 Å². The van der Waals surface area contributed by atoms with Gasteiger partial charge in [-0.05, 0) is 32.6 Å². The summed E-state index contributed by atoms with van der Waals surface area (Å²) in [4.78, 5) is 4.64. The van der Waals surface area contributed by atoms with Crippen LogP contribution in [-0.4, -0.2) is 22.6 Å². The van der Waals surface area contributed by atoms with Crippen LogP contribution in [-0.2, 0) is 19.4 Å². The SMILES string of the molecule is C#CCNCCn1c(C)nc2c1CCCC2. The molecule has 1 aliphatic rings. The number of aromatic nitrogens is 2. The molecule has 0 saturated carbocycles. The molecule has 16 heavy (non-hydrogen) atoms. The van der Waals surface area contributed by atoms with Crippen molar-refractivity contribution in [2.75, 3.05) is 13.1 Å². The average molecular weight is 217 g/mol. The van der Waals surface area contributed by atoms with E-state index >= 15 is 0 Å². The largest absolute Gasteiger partial charge is 0.331 e. The summed E-state index contributed by atoms with van der Waals surface area (Å²) < 4.78 is 2.35. The Kier molecular flexibility index (Phi) is 3.63. The number of hydrogen-bond donors (Lipinski definition) is 1. The highest BCUT2D eigenvalue weighted by Gasteiger charge is 2.17. The molecule has 1 aliphatic carbocycles. The molecule has 2 rings (SSSR count). The zero-order chi connectivity index (χ0) is 11.4. The van der Waals surface area contributed by atoms with Gasteiger partial charge in [0.15, 0.2) is 0 Å². The van der Waals surface area contributed by atoms with Gasteiger partial charge in [-0.2, -0.15) is 0 Å². The lowest BCUT2D eigenvalue weighted by Gasteiger charge is -2.14. The molecule has 0 amide bonds. The molecule has 0 bridgehead atoms. The van der Waals surface area contributed by atoms with Crippen molar-refractivity contribution in [2.45, 2.75) is 39.2 Å². The second kappa shape index (κ2) is 5.18. The Morgan fingerprint density at radius 2 is 2.25 bits per heavy atom. The molecule has 1 N–H and O–H groups in total. The van der Waals surface area contributed by atoms with Gasteiger partial charge in [0.2, 0.25) is 0 Å². The van der Waals surface area contributed by atoms with Gasteiger partial charge in [0.05, 0.1) is 12.2 Å². The summed E-state index contributed by atoms with van der Waals surface area (Å²) in [5.41, 5.74) is 2.77. The summed E-state index contributed by atoms with van der Waals surface area (Å²) >= 11 is 0. The third kappa shape index (κ3) is 2.28. The second-order valence-electron chi connectivity index (χ2n) is 4.29. The van der Waals surface area contributed by atoms with Crippen LogP contribution >= 0.6 is 0 Å². The number of nitrogens with zero attached hydrogens (tertiary/aromatic N) is 2. The van der Waals surface area contributed by atoms with E-state index in [9.17, 15) is 0 Å². The first-order valence-corrected chi connectivity index (χ1v) is 6.02. The Balaban J connectivity index is 2.03.